The Kier molecular flexibility index (Phi) is 4.80. The van der Waals surface area contributed by atoms with Crippen LogP contribution in [0.5, 0.6) is 0 Å². The van der Waals surface area contributed by atoms with Crippen molar-refractivity contribution in [2.24, 2.45) is 0 Å². The van der Waals surface area contributed by atoms with Gasteiger partial charge in [0.2, 0.25) is 0 Å². The number of hydrogen-bond acceptors (Lipinski definition) is 3. The van der Waals surface area contributed by atoms with Crippen LogP contribution in [0.3, 0.4) is 0 Å². The average Bonchev–Trinajstić information content (AvgIpc) is 2.38. The molecule has 1 aromatic rings. The number of nitrogens with one attached hydrogen (secondary N) is 1. The smallest absolute Gasteiger partial charge is 0.279 e. The van der Waals surface area contributed by atoms with Crippen LogP contribution in [0.4, 0.5) is 0 Å². The molecule has 0 radical (unpaired) electrons. The Morgan fingerprint density at radius 3 is 2.45 bits per heavy atom. The van der Waals surface area contributed by atoms with Gasteiger partial charge >= 0.3 is 0 Å². The van der Waals surface area contributed by atoms with Crippen molar-refractivity contribution in [3.8, 4) is 0 Å². The zero-order valence-electron chi connectivity index (χ0n) is 12.3. The van der Waals surface area contributed by atoms with Crippen molar-refractivity contribution in [3.05, 3.63) is 35.9 Å². The van der Waals surface area contributed by atoms with Crippen molar-refractivity contribution in [1.82, 2.24) is 13.9 Å². The van der Waals surface area contributed by atoms with E-state index in [1.54, 1.807) is 4.31 Å². The lowest BCUT2D eigenvalue weighted by atomic mass is 10.0. The van der Waals surface area contributed by atoms with Crippen LogP contribution in [-0.2, 0) is 10.2 Å². The highest BCUT2D eigenvalue weighted by Crippen LogP contribution is 2.24. The number of rotatable bonds is 4. The first-order chi connectivity index (χ1) is 9.40. The monoisotopic (exact) mass is 297 g/mol. The van der Waals surface area contributed by atoms with Crippen LogP contribution in [0.25, 0.3) is 0 Å². The number of benzene rings is 1. The van der Waals surface area contributed by atoms with E-state index >= 15 is 0 Å². The third-order valence-electron chi connectivity index (χ3n) is 3.52. The zero-order valence-corrected chi connectivity index (χ0v) is 13.1. The summed E-state index contributed by atoms with van der Waals surface area (Å²) in [5.41, 5.74) is 1.15. The predicted molar refractivity (Wildman–Crippen MR) is 80.6 cm³/mol. The average molecular weight is 297 g/mol. The summed E-state index contributed by atoms with van der Waals surface area (Å²) < 4.78 is 28.8. The first kappa shape index (κ1) is 15.4. The van der Waals surface area contributed by atoms with Gasteiger partial charge in [0.1, 0.15) is 0 Å². The van der Waals surface area contributed by atoms with E-state index in [0.29, 0.717) is 13.1 Å². The molecule has 0 saturated carbocycles. The number of likely N-dealkylation sites (N-methyl/N-ethyl adjacent to an activating group) is 1. The van der Waals surface area contributed by atoms with E-state index in [9.17, 15) is 8.42 Å². The van der Waals surface area contributed by atoms with Gasteiger partial charge in [0, 0.05) is 31.7 Å². The molecule has 0 amide bonds. The maximum absolute atomic E-state index is 12.3. The first-order valence-corrected chi connectivity index (χ1v) is 8.37. The van der Waals surface area contributed by atoms with E-state index in [-0.39, 0.29) is 12.1 Å². The maximum Gasteiger partial charge on any atom is 0.279 e. The topological polar surface area (TPSA) is 52.7 Å². The lowest BCUT2D eigenvalue weighted by Crippen LogP contribution is -2.53. The molecule has 1 saturated heterocycles. The van der Waals surface area contributed by atoms with E-state index in [0.717, 1.165) is 12.1 Å². The molecule has 1 aliphatic rings. The van der Waals surface area contributed by atoms with Crippen molar-refractivity contribution in [3.63, 3.8) is 0 Å². The molecular formula is C14H23N3O2S. The van der Waals surface area contributed by atoms with Gasteiger partial charge in [-0.3, -0.25) is 4.90 Å². The Hall–Kier alpha value is -0.950. The van der Waals surface area contributed by atoms with Crippen molar-refractivity contribution in [1.29, 1.82) is 0 Å². The molecule has 1 atom stereocenters. The summed E-state index contributed by atoms with van der Waals surface area (Å²) >= 11 is 0. The van der Waals surface area contributed by atoms with Crippen LogP contribution in [0.2, 0.25) is 0 Å². The van der Waals surface area contributed by atoms with Crippen molar-refractivity contribution >= 4 is 10.2 Å². The van der Waals surface area contributed by atoms with Crippen LogP contribution < -0.4 is 4.72 Å². The lowest BCUT2D eigenvalue weighted by molar-refractivity contribution is 0.147. The molecule has 0 bridgehead atoms. The molecular weight excluding hydrogens is 274 g/mol. The number of hydrogen-bond donors (Lipinski definition) is 1. The fraction of sp³-hybridized carbons (Fsp3) is 0.571. The Morgan fingerprint density at radius 1 is 1.20 bits per heavy atom. The van der Waals surface area contributed by atoms with Gasteiger partial charge in [0.05, 0.1) is 0 Å². The zero-order chi connectivity index (χ0) is 14.8. The van der Waals surface area contributed by atoms with Gasteiger partial charge in [-0.2, -0.15) is 17.4 Å². The Balaban J connectivity index is 2.16. The summed E-state index contributed by atoms with van der Waals surface area (Å²) in [6.07, 6.45) is 0. The van der Waals surface area contributed by atoms with Gasteiger partial charge in [-0.1, -0.05) is 30.3 Å². The summed E-state index contributed by atoms with van der Waals surface area (Å²) in [6, 6.07) is 10.1. The standard InChI is InChI=1S/C14H23N3O2S/c1-12(2)15-20(18,19)17-10-9-16(3)14(11-17)13-7-5-4-6-8-13/h4-8,12,14-15H,9-11H2,1-3H3. The van der Waals surface area contributed by atoms with Gasteiger partial charge < -0.3 is 0 Å². The van der Waals surface area contributed by atoms with Crippen molar-refractivity contribution < 1.29 is 8.42 Å². The molecule has 1 N–H and O–H groups in total. The minimum Gasteiger partial charge on any atom is -0.297 e. The fourth-order valence-electron chi connectivity index (χ4n) is 2.47. The fourth-order valence-corrected chi connectivity index (χ4v) is 3.88. The van der Waals surface area contributed by atoms with E-state index in [4.69, 9.17) is 0 Å². The predicted octanol–water partition coefficient (Wildman–Crippen LogP) is 1.22. The van der Waals surface area contributed by atoms with Gasteiger partial charge in [-0.15, -0.1) is 0 Å². The molecule has 112 valence electrons. The normalized spacial score (nSPS) is 22.3. The molecule has 5 nitrogen and oxygen atoms in total. The first-order valence-electron chi connectivity index (χ1n) is 6.93. The Labute approximate surface area is 121 Å². The lowest BCUT2D eigenvalue weighted by Gasteiger charge is -2.39. The van der Waals surface area contributed by atoms with E-state index in [2.05, 4.69) is 9.62 Å². The van der Waals surface area contributed by atoms with E-state index in [1.165, 1.54) is 0 Å². The number of piperazine rings is 1. The van der Waals surface area contributed by atoms with Crippen LogP contribution in [-0.4, -0.2) is 50.3 Å². The molecule has 0 aliphatic carbocycles. The second kappa shape index (κ2) is 6.22. The third-order valence-corrected chi connectivity index (χ3v) is 5.30. The molecule has 0 spiro atoms. The molecule has 1 heterocycles. The second-order valence-corrected chi connectivity index (χ2v) is 7.24. The van der Waals surface area contributed by atoms with Gasteiger partial charge in [0.25, 0.3) is 10.2 Å². The Bertz CT molecular complexity index is 531. The summed E-state index contributed by atoms with van der Waals surface area (Å²) in [5.74, 6) is 0. The molecule has 6 heteroatoms. The molecule has 20 heavy (non-hydrogen) atoms. The molecule has 1 aromatic carbocycles. The van der Waals surface area contributed by atoms with Crippen LogP contribution >= 0.6 is 0 Å². The SMILES string of the molecule is CC(C)NS(=O)(=O)N1CCN(C)C(c2ccccc2)C1. The van der Waals surface area contributed by atoms with Gasteiger partial charge in [0.15, 0.2) is 0 Å². The van der Waals surface area contributed by atoms with Crippen LogP contribution in [0.15, 0.2) is 30.3 Å². The summed E-state index contributed by atoms with van der Waals surface area (Å²) in [6.45, 7) is 5.42. The van der Waals surface area contributed by atoms with Crippen molar-refractivity contribution in [2.75, 3.05) is 26.7 Å². The quantitative estimate of drug-likeness (QED) is 0.909. The van der Waals surface area contributed by atoms with Crippen LogP contribution in [0.1, 0.15) is 25.5 Å². The van der Waals surface area contributed by atoms with E-state index in [1.807, 2.05) is 51.2 Å². The highest BCUT2D eigenvalue weighted by Gasteiger charge is 2.32. The highest BCUT2D eigenvalue weighted by atomic mass is 32.2. The molecule has 1 unspecified atom stereocenters. The minimum atomic E-state index is -3.39. The highest BCUT2D eigenvalue weighted by molar-refractivity contribution is 7.87. The molecule has 0 aromatic heterocycles. The number of nitrogens with zero attached hydrogens (tertiary/aromatic N) is 2. The molecule has 1 aliphatic heterocycles. The third kappa shape index (κ3) is 3.58. The largest absolute Gasteiger partial charge is 0.297 e. The Morgan fingerprint density at radius 2 is 1.85 bits per heavy atom. The summed E-state index contributed by atoms with van der Waals surface area (Å²) in [5, 5.41) is 0. The van der Waals surface area contributed by atoms with E-state index < -0.39 is 10.2 Å². The minimum absolute atomic E-state index is 0.0881. The maximum atomic E-state index is 12.3. The molecule has 1 fully saturated rings. The summed E-state index contributed by atoms with van der Waals surface area (Å²) in [7, 11) is -1.35. The van der Waals surface area contributed by atoms with Crippen molar-refractivity contribution in [2.45, 2.75) is 25.9 Å². The summed E-state index contributed by atoms with van der Waals surface area (Å²) in [4.78, 5) is 2.21. The van der Waals surface area contributed by atoms with Crippen LogP contribution in [0, 0.1) is 0 Å². The second-order valence-electron chi connectivity index (χ2n) is 5.54. The van der Waals surface area contributed by atoms with Gasteiger partial charge in [-0.05, 0) is 26.5 Å². The van der Waals surface area contributed by atoms with Gasteiger partial charge in [-0.25, -0.2) is 0 Å². The molecule has 2 rings (SSSR count).